The molecule has 1 fully saturated rings. The van der Waals surface area contributed by atoms with E-state index in [-0.39, 0.29) is 11.8 Å². The van der Waals surface area contributed by atoms with Crippen LogP contribution in [0.4, 0.5) is 5.13 Å². The van der Waals surface area contributed by atoms with Crippen LogP contribution in [0.25, 0.3) is 6.08 Å². The molecule has 0 saturated carbocycles. The van der Waals surface area contributed by atoms with E-state index in [0.29, 0.717) is 27.3 Å². The Hall–Kier alpha value is -2.29. The minimum absolute atomic E-state index is 0.0285. The molecule has 5 nitrogen and oxygen atoms in total. The number of hydrogen-bond acceptors (Lipinski definition) is 6. The molecular weight excluding hydrogens is 434 g/mol. The number of rotatable bonds is 9. The lowest BCUT2D eigenvalue weighted by atomic mass is 10.1. The van der Waals surface area contributed by atoms with E-state index < -0.39 is 0 Å². The van der Waals surface area contributed by atoms with Crippen molar-refractivity contribution in [2.45, 2.75) is 32.6 Å². The van der Waals surface area contributed by atoms with Gasteiger partial charge >= 0.3 is 0 Å². The number of allylic oxidation sites excluding steroid dienone is 2. The summed E-state index contributed by atoms with van der Waals surface area (Å²) in [6.07, 6.45) is 8.48. The molecule has 1 aromatic heterocycles. The number of carbonyl (C=O) groups is 2. The topological polar surface area (TPSA) is 62.3 Å². The molecular formula is C22H23N3O2S3. The number of nitrogens with zero attached hydrogens (tertiary/aromatic N) is 2. The number of carbonyl (C=O) groups excluding carboxylic acids is 2. The molecule has 3 rings (SSSR count). The molecule has 1 saturated heterocycles. The monoisotopic (exact) mass is 457 g/mol. The highest BCUT2D eigenvalue weighted by molar-refractivity contribution is 8.26. The van der Waals surface area contributed by atoms with Gasteiger partial charge in [-0.25, -0.2) is 4.98 Å². The number of thiazole rings is 1. The molecule has 2 amide bonds. The lowest BCUT2D eigenvalue weighted by Gasteiger charge is -2.14. The molecule has 0 spiro atoms. The van der Waals surface area contributed by atoms with E-state index in [9.17, 15) is 9.59 Å². The number of aromatic nitrogens is 1. The zero-order chi connectivity index (χ0) is 21.3. The van der Waals surface area contributed by atoms with Gasteiger partial charge in [0.15, 0.2) is 5.13 Å². The van der Waals surface area contributed by atoms with Crippen LogP contribution in [0.1, 0.15) is 38.2 Å². The van der Waals surface area contributed by atoms with E-state index in [2.05, 4.69) is 10.3 Å². The van der Waals surface area contributed by atoms with E-state index in [1.165, 1.54) is 23.1 Å². The quantitative estimate of drug-likeness (QED) is 0.306. The zero-order valence-corrected chi connectivity index (χ0v) is 19.1. The molecule has 0 aliphatic carbocycles. The fourth-order valence-electron chi connectivity index (χ4n) is 2.95. The van der Waals surface area contributed by atoms with Crippen LogP contribution in [0.15, 0.2) is 58.5 Å². The van der Waals surface area contributed by atoms with Gasteiger partial charge < -0.3 is 5.32 Å². The zero-order valence-electron chi connectivity index (χ0n) is 16.7. The first-order valence-electron chi connectivity index (χ1n) is 9.71. The van der Waals surface area contributed by atoms with E-state index >= 15 is 0 Å². The highest BCUT2D eigenvalue weighted by Gasteiger charge is 2.31. The number of thiocarbonyl (C=S) groups is 1. The van der Waals surface area contributed by atoms with Gasteiger partial charge in [-0.1, -0.05) is 66.8 Å². The van der Waals surface area contributed by atoms with Crippen LogP contribution >= 0.6 is 35.3 Å². The first kappa shape index (κ1) is 22.4. The average Bonchev–Trinajstić information content (AvgIpc) is 3.31. The molecule has 2 heterocycles. The fraction of sp³-hybridized carbons (Fsp3) is 0.273. The maximum Gasteiger partial charge on any atom is 0.266 e. The van der Waals surface area contributed by atoms with Gasteiger partial charge in [-0.2, -0.15) is 0 Å². The SMILES string of the molecule is CC(=C/c1ccccc1)/C=C1/SC(=S)N(CCCCCC(=O)Nc2nccs2)C1=O. The molecule has 0 atom stereocenters. The Bertz CT molecular complexity index is 953. The van der Waals surface area contributed by atoms with Crippen molar-refractivity contribution in [3.8, 4) is 0 Å². The van der Waals surface area contributed by atoms with E-state index in [1.807, 2.05) is 54.8 Å². The third kappa shape index (κ3) is 6.62. The summed E-state index contributed by atoms with van der Waals surface area (Å²) in [4.78, 5) is 30.9. The van der Waals surface area contributed by atoms with E-state index in [0.717, 1.165) is 30.4 Å². The van der Waals surface area contributed by atoms with Crippen molar-refractivity contribution in [1.82, 2.24) is 9.88 Å². The molecule has 2 aromatic rings. The molecule has 0 radical (unpaired) electrons. The summed E-state index contributed by atoms with van der Waals surface area (Å²) in [5.41, 5.74) is 2.11. The summed E-state index contributed by atoms with van der Waals surface area (Å²) in [6.45, 7) is 2.56. The fourth-order valence-corrected chi connectivity index (χ4v) is 4.86. The third-order valence-electron chi connectivity index (χ3n) is 4.39. The molecule has 1 aliphatic heterocycles. The predicted molar refractivity (Wildman–Crippen MR) is 129 cm³/mol. The summed E-state index contributed by atoms with van der Waals surface area (Å²) in [5.74, 6) is -0.0634. The maximum absolute atomic E-state index is 12.7. The second-order valence-corrected chi connectivity index (χ2v) is 9.40. The van der Waals surface area contributed by atoms with Crippen LogP contribution in [0.3, 0.4) is 0 Å². The van der Waals surface area contributed by atoms with Gasteiger partial charge in [0.2, 0.25) is 5.91 Å². The van der Waals surface area contributed by atoms with Crippen LogP contribution in [0.5, 0.6) is 0 Å². The summed E-state index contributed by atoms with van der Waals surface area (Å²) in [5, 5.41) is 5.23. The lowest BCUT2D eigenvalue weighted by Crippen LogP contribution is -2.29. The van der Waals surface area contributed by atoms with Crippen molar-refractivity contribution in [2.24, 2.45) is 0 Å². The second kappa shape index (κ2) is 11.2. The Kier molecular flexibility index (Phi) is 8.36. The third-order valence-corrected chi connectivity index (χ3v) is 6.46. The average molecular weight is 458 g/mol. The van der Waals surface area contributed by atoms with Crippen molar-refractivity contribution < 1.29 is 9.59 Å². The van der Waals surface area contributed by atoms with Crippen LogP contribution in [-0.2, 0) is 9.59 Å². The van der Waals surface area contributed by atoms with Gasteiger partial charge in [0.25, 0.3) is 5.91 Å². The van der Waals surface area contributed by atoms with E-state index in [4.69, 9.17) is 12.2 Å². The lowest BCUT2D eigenvalue weighted by molar-refractivity contribution is -0.122. The smallest absolute Gasteiger partial charge is 0.266 e. The highest BCUT2D eigenvalue weighted by Crippen LogP contribution is 2.32. The Balaban J connectivity index is 1.43. The number of benzene rings is 1. The molecule has 1 N–H and O–H groups in total. The van der Waals surface area contributed by atoms with Gasteiger partial charge in [-0.05, 0) is 37.0 Å². The van der Waals surface area contributed by atoms with Gasteiger partial charge in [0.1, 0.15) is 4.32 Å². The molecule has 8 heteroatoms. The first-order chi connectivity index (χ1) is 14.5. The summed E-state index contributed by atoms with van der Waals surface area (Å²) in [7, 11) is 0. The standard InChI is InChI=1S/C22H23N3O2S3/c1-16(14-17-8-4-2-5-9-17)15-18-20(27)25(22(28)30-18)12-7-3-6-10-19(26)24-21-23-11-13-29-21/h2,4-5,8-9,11,13-15H,3,6-7,10,12H2,1H3,(H,23,24,26)/b16-14-,18-15+. The van der Waals surface area contributed by atoms with Gasteiger partial charge in [0, 0.05) is 24.5 Å². The van der Waals surface area contributed by atoms with E-state index in [1.54, 1.807) is 11.1 Å². The summed E-state index contributed by atoms with van der Waals surface area (Å²) >= 11 is 8.15. The second-order valence-electron chi connectivity index (χ2n) is 6.83. The number of amides is 2. The van der Waals surface area contributed by atoms with Crippen LogP contribution < -0.4 is 5.32 Å². The van der Waals surface area contributed by atoms with Crippen LogP contribution in [-0.4, -0.2) is 32.6 Å². The normalized spacial score (nSPS) is 15.8. The number of thioether (sulfide) groups is 1. The Labute approximate surface area is 190 Å². The minimum atomic E-state index is -0.0349. The first-order valence-corrected chi connectivity index (χ1v) is 11.8. The van der Waals surface area contributed by atoms with Crippen molar-refractivity contribution >= 4 is 62.7 Å². The van der Waals surface area contributed by atoms with Crippen molar-refractivity contribution in [1.29, 1.82) is 0 Å². The summed E-state index contributed by atoms with van der Waals surface area (Å²) < 4.78 is 0.597. The van der Waals surface area contributed by atoms with Crippen LogP contribution in [0.2, 0.25) is 0 Å². The van der Waals surface area contributed by atoms with Gasteiger partial charge in [-0.3, -0.25) is 14.5 Å². The minimum Gasteiger partial charge on any atom is -0.302 e. The Morgan fingerprint density at radius 2 is 2.03 bits per heavy atom. The van der Waals surface area contributed by atoms with Gasteiger partial charge in [0.05, 0.1) is 4.91 Å². The number of anilines is 1. The Morgan fingerprint density at radius 1 is 1.23 bits per heavy atom. The van der Waals surface area contributed by atoms with Crippen molar-refractivity contribution in [3.63, 3.8) is 0 Å². The molecule has 0 unspecified atom stereocenters. The molecule has 1 aliphatic rings. The van der Waals surface area contributed by atoms with Crippen molar-refractivity contribution in [3.05, 3.63) is 64.0 Å². The van der Waals surface area contributed by atoms with Gasteiger partial charge in [-0.15, -0.1) is 11.3 Å². The predicted octanol–water partition coefficient (Wildman–Crippen LogP) is 5.49. The molecule has 30 heavy (non-hydrogen) atoms. The number of hydrogen-bond donors (Lipinski definition) is 1. The highest BCUT2D eigenvalue weighted by atomic mass is 32.2. The van der Waals surface area contributed by atoms with Crippen molar-refractivity contribution in [2.75, 3.05) is 11.9 Å². The number of unbranched alkanes of at least 4 members (excludes halogenated alkanes) is 2. The molecule has 156 valence electrons. The number of nitrogens with one attached hydrogen (secondary N) is 1. The maximum atomic E-state index is 12.7. The Morgan fingerprint density at radius 3 is 2.77 bits per heavy atom. The largest absolute Gasteiger partial charge is 0.302 e. The van der Waals surface area contributed by atoms with Crippen LogP contribution in [0, 0.1) is 0 Å². The summed E-state index contributed by atoms with van der Waals surface area (Å²) in [6, 6.07) is 10.0. The molecule has 1 aromatic carbocycles. The molecule has 0 bridgehead atoms.